The SMILES string of the molecule is CCS(=O)(=O)NCCNC(=NC)NCC(c1ccc(OC)cc1)N1CCCC1.I. The van der Waals surface area contributed by atoms with Crippen LogP contribution in [0.3, 0.4) is 0 Å². The van der Waals surface area contributed by atoms with Crippen molar-refractivity contribution in [2.75, 3.05) is 52.6 Å². The fraction of sp³-hybridized carbons (Fsp3) is 0.632. The molecule has 1 aromatic carbocycles. The van der Waals surface area contributed by atoms with Gasteiger partial charge in [-0.1, -0.05) is 12.1 Å². The summed E-state index contributed by atoms with van der Waals surface area (Å²) < 4.78 is 30.8. The first kappa shape index (κ1) is 25.9. The number of hydrogen-bond acceptors (Lipinski definition) is 5. The maximum Gasteiger partial charge on any atom is 0.211 e. The second kappa shape index (κ2) is 13.2. The molecule has 1 heterocycles. The Balaban J connectivity index is 0.00000420. The molecule has 1 aliphatic rings. The number of aliphatic imine (C=N–C) groups is 1. The van der Waals surface area contributed by atoms with Crippen molar-refractivity contribution >= 4 is 40.0 Å². The molecule has 0 spiro atoms. The van der Waals surface area contributed by atoms with Crippen LogP contribution in [0.2, 0.25) is 0 Å². The predicted molar refractivity (Wildman–Crippen MR) is 129 cm³/mol. The lowest BCUT2D eigenvalue weighted by Gasteiger charge is -2.29. The molecule has 0 amide bonds. The third-order valence-corrected chi connectivity index (χ3v) is 6.29. The number of hydrogen-bond donors (Lipinski definition) is 3. The van der Waals surface area contributed by atoms with Crippen LogP contribution in [0.4, 0.5) is 0 Å². The van der Waals surface area contributed by atoms with E-state index in [1.54, 1.807) is 21.1 Å². The molecule has 1 fully saturated rings. The molecule has 1 aliphatic heterocycles. The molecule has 1 atom stereocenters. The van der Waals surface area contributed by atoms with E-state index in [-0.39, 0.29) is 35.8 Å². The molecule has 0 aliphatic carbocycles. The van der Waals surface area contributed by atoms with Crippen molar-refractivity contribution in [2.45, 2.75) is 25.8 Å². The fourth-order valence-corrected chi connectivity index (χ4v) is 3.86. The molecule has 2 rings (SSSR count). The van der Waals surface area contributed by atoms with E-state index in [1.165, 1.54) is 18.4 Å². The summed E-state index contributed by atoms with van der Waals surface area (Å²) >= 11 is 0. The molecular weight excluding hydrogens is 505 g/mol. The maximum atomic E-state index is 11.5. The van der Waals surface area contributed by atoms with E-state index in [4.69, 9.17) is 4.74 Å². The van der Waals surface area contributed by atoms with Gasteiger partial charge in [0, 0.05) is 26.7 Å². The van der Waals surface area contributed by atoms with Gasteiger partial charge in [0.15, 0.2) is 5.96 Å². The number of likely N-dealkylation sites (tertiary alicyclic amines) is 1. The van der Waals surface area contributed by atoms with Gasteiger partial charge in [0.1, 0.15) is 5.75 Å². The Bertz CT molecular complexity index is 722. The Morgan fingerprint density at radius 3 is 2.38 bits per heavy atom. The Morgan fingerprint density at radius 1 is 1.17 bits per heavy atom. The number of benzene rings is 1. The molecule has 1 saturated heterocycles. The van der Waals surface area contributed by atoms with Gasteiger partial charge in [-0.05, 0) is 50.6 Å². The highest BCUT2D eigenvalue weighted by Gasteiger charge is 2.23. The summed E-state index contributed by atoms with van der Waals surface area (Å²) in [6.07, 6.45) is 2.44. The number of ether oxygens (including phenoxy) is 1. The van der Waals surface area contributed by atoms with E-state index in [0.717, 1.165) is 18.8 Å². The minimum Gasteiger partial charge on any atom is -0.497 e. The van der Waals surface area contributed by atoms with Gasteiger partial charge in [-0.25, -0.2) is 13.1 Å². The van der Waals surface area contributed by atoms with Crippen LogP contribution in [-0.4, -0.2) is 71.9 Å². The van der Waals surface area contributed by atoms with Crippen molar-refractivity contribution < 1.29 is 13.2 Å². The van der Waals surface area contributed by atoms with E-state index in [0.29, 0.717) is 25.6 Å². The predicted octanol–water partition coefficient (Wildman–Crippen LogP) is 1.55. The Morgan fingerprint density at radius 2 is 1.83 bits per heavy atom. The molecule has 1 aromatic rings. The summed E-state index contributed by atoms with van der Waals surface area (Å²) in [6, 6.07) is 8.44. The topological polar surface area (TPSA) is 95.1 Å². The standard InChI is InChI=1S/C19H33N5O3S.HI/c1-4-28(25,26)23-12-11-21-19(20-2)22-15-18(24-13-5-6-14-24)16-7-9-17(27-3)10-8-16;/h7-10,18,23H,4-6,11-15H2,1-3H3,(H2,20,21,22);1H. The lowest BCUT2D eigenvalue weighted by atomic mass is 10.1. The average molecular weight is 539 g/mol. The zero-order valence-corrected chi connectivity index (χ0v) is 20.6. The van der Waals surface area contributed by atoms with Crippen LogP contribution in [0.1, 0.15) is 31.4 Å². The highest BCUT2D eigenvalue weighted by molar-refractivity contribution is 14.0. The monoisotopic (exact) mass is 539 g/mol. The van der Waals surface area contributed by atoms with Gasteiger partial charge < -0.3 is 15.4 Å². The largest absolute Gasteiger partial charge is 0.497 e. The zero-order valence-electron chi connectivity index (χ0n) is 17.5. The quantitative estimate of drug-likeness (QED) is 0.181. The van der Waals surface area contributed by atoms with Gasteiger partial charge in [-0.2, -0.15) is 0 Å². The van der Waals surface area contributed by atoms with Crippen LogP contribution in [0.5, 0.6) is 5.75 Å². The highest BCUT2D eigenvalue weighted by Crippen LogP contribution is 2.26. The molecule has 0 bridgehead atoms. The van der Waals surface area contributed by atoms with E-state index in [1.807, 2.05) is 12.1 Å². The normalized spacial score (nSPS) is 16.2. The number of sulfonamides is 1. The zero-order chi connectivity index (χ0) is 20.4. The Kier molecular flexibility index (Phi) is 11.8. The van der Waals surface area contributed by atoms with Gasteiger partial charge in [0.2, 0.25) is 10.0 Å². The summed E-state index contributed by atoms with van der Waals surface area (Å²) in [4.78, 5) is 6.72. The molecule has 0 aromatic heterocycles. The van der Waals surface area contributed by atoms with E-state index in [9.17, 15) is 8.42 Å². The molecule has 8 nitrogen and oxygen atoms in total. The lowest BCUT2D eigenvalue weighted by Crippen LogP contribution is -2.44. The second-order valence-corrected chi connectivity index (χ2v) is 8.81. The smallest absolute Gasteiger partial charge is 0.211 e. The summed E-state index contributed by atoms with van der Waals surface area (Å²) in [7, 11) is 0.214. The molecule has 166 valence electrons. The van der Waals surface area contributed by atoms with Crippen molar-refractivity contribution in [2.24, 2.45) is 4.99 Å². The number of guanidine groups is 1. The van der Waals surface area contributed by atoms with E-state index in [2.05, 4.69) is 37.4 Å². The van der Waals surface area contributed by atoms with Crippen LogP contribution in [-0.2, 0) is 10.0 Å². The first-order valence-electron chi connectivity index (χ1n) is 9.79. The molecule has 0 saturated carbocycles. The van der Waals surface area contributed by atoms with Gasteiger partial charge in [0.25, 0.3) is 0 Å². The summed E-state index contributed by atoms with van der Waals surface area (Å²) in [5.74, 6) is 1.59. The number of methoxy groups -OCH3 is 1. The fourth-order valence-electron chi connectivity index (χ4n) is 3.24. The van der Waals surface area contributed by atoms with Crippen molar-refractivity contribution in [3.8, 4) is 5.75 Å². The number of halogens is 1. The average Bonchev–Trinajstić information content (AvgIpc) is 3.24. The molecular formula is C19H34IN5O3S. The van der Waals surface area contributed by atoms with Gasteiger partial charge in [-0.3, -0.25) is 9.89 Å². The van der Waals surface area contributed by atoms with Crippen LogP contribution in [0, 0.1) is 0 Å². The highest BCUT2D eigenvalue weighted by atomic mass is 127. The van der Waals surface area contributed by atoms with E-state index < -0.39 is 10.0 Å². The molecule has 29 heavy (non-hydrogen) atoms. The van der Waals surface area contributed by atoms with Crippen LogP contribution < -0.4 is 20.1 Å². The number of rotatable bonds is 10. The van der Waals surface area contributed by atoms with Crippen molar-refractivity contribution in [1.29, 1.82) is 0 Å². The Labute approximate surface area is 191 Å². The van der Waals surface area contributed by atoms with Crippen LogP contribution in [0.15, 0.2) is 29.3 Å². The molecule has 10 heteroatoms. The maximum absolute atomic E-state index is 11.5. The molecule has 0 radical (unpaired) electrons. The number of nitrogens with zero attached hydrogens (tertiary/aromatic N) is 2. The molecule has 3 N–H and O–H groups in total. The summed E-state index contributed by atoms with van der Waals surface area (Å²) in [5.41, 5.74) is 1.24. The lowest BCUT2D eigenvalue weighted by molar-refractivity contribution is 0.245. The first-order valence-corrected chi connectivity index (χ1v) is 11.4. The Hall–Kier alpha value is -1.11. The minimum absolute atomic E-state index is 0. The first-order chi connectivity index (χ1) is 13.5. The third-order valence-electron chi connectivity index (χ3n) is 4.89. The second-order valence-electron chi connectivity index (χ2n) is 6.71. The summed E-state index contributed by atoms with van der Waals surface area (Å²) in [5, 5.41) is 6.53. The van der Waals surface area contributed by atoms with Gasteiger partial charge in [0.05, 0.1) is 18.9 Å². The van der Waals surface area contributed by atoms with Crippen molar-refractivity contribution in [3.63, 3.8) is 0 Å². The summed E-state index contributed by atoms with van der Waals surface area (Å²) in [6.45, 7) is 5.30. The third kappa shape index (κ3) is 8.65. The molecule has 1 unspecified atom stereocenters. The van der Waals surface area contributed by atoms with Crippen LogP contribution >= 0.6 is 24.0 Å². The van der Waals surface area contributed by atoms with E-state index >= 15 is 0 Å². The van der Waals surface area contributed by atoms with Crippen molar-refractivity contribution in [1.82, 2.24) is 20.3 Å². The minimum atomic E-state index is -3.17. The van der Waals surface area contributed by atoms with Crippen LogP contribution in [0.25, 0.3) is 0 Å². The number of nitrogens with one attached hydrogen (secondary N) is 3. The van der Waals surface area contributed by atoms with Gasteiger partial charge in [-0.15, -0.1) is 24.0 Å². The van der Waals surface area contributed by atoms with Crippen molar-refractivity contribution in [3.05, 3.63) is 29.8 Å². The van der Waals surface area contributed by atoms with Gasteiger partial charge >= 0.3 is 0 Å².